The smallest absolute Gasteiger partial charge is 0.209 e. The van der Waals surface area contributed by atoms with Crippen LogP contribution in [-0.2, 0) is 13.1 Å². The summed E-state index contributed by atoms with van der Waals surface area (Å²) in [6, 6.07) is 8.99. The lowest BCUT2D eigenvalue weighted by Gasteiger charge is -2.19. The van der Waals surface area contributed by atoms with Crippen LogP contribution in [0.1, 0.15) is 24.0 Å². The van der Waals surface area contributed by atoms with Gasteiger partial charge in [0.15, 0.2) is 0 Å². The molecule has 3 rings (SSSR count). The van der Waals surface area contributed by atoms with Gasteiger partial charge in [-0.3, -0.25) is 5.43 Å². The van der Waals surface area contributed by atoms with E-state index in [9.17, 15) is 0 Å². The van der Waals surface area contributed by atoms with Gasteiger partial charge in [-0.1, -0.05) is 24.3 Å². The normalized spacial score (nSPS) is 19.8. The molecule has 4 nitrogen and oxygen atoms in total. The molecule has 1 aromatic carbocycles. The molecule has 0 saturated heterocycles. The summed E-state index contributed by atoms with van der Waals surface area (Å²) in [6.07, 6.45) is 2.40. The van der Waals surface area contributed by atoms with Gasteiger partial charge < -0.3 is 4.90 Å². The van der Waals surface area contributed by atoms with Crippen molar-refractivity contribution in [1.82, 2.24) is 10.3 Å². The van der Waals surface area contributed by atoms with Crippen molar-refractivity contribution in [1.29, 1.82) is 0 Å². The molecule has 0 unspecified atom stereocenters. The highest BCUT2D eigenvalue weighted by atomic mass is 15.4. The molecule has 0 spiro atoms. The molecule has 1 aliphatic carbocycles. The summed E-state index contributed by atoms with van der Waals surface area (Å²) in [5.74, 6) is 6.37. The van der Waals surface area contributed by atoms with Crippen molar-refractivity contribution >= 4 is 5.96 Å². The van der Waals surface area contributed by atoms with Crippen molar-refractivity contribution in [2.75, 3.05) is 0 Å². The van der Waals surface area contributed by atoms with Crippen LogP contribution in [0.15, 0.2) is 29.3 Å². The highest BCUT2D eigenvalue weighted by Crippen LogP contribution is 2.26. The molecule has 16 heavy (non-hydrogen) atoms. The summed E-state index contributed by atoms with van der Waals surface area (Å²) in [6.45, 7) is 1.82. The number of hydrazine groups is 1. The van der Waals surface area contributed by atoms with E-state index in [1.807, 2.05) is 0 Å². The second kappa shape index (κ2) is 3.79. The van der Waals surface area contributed by atoms with E-state index in [2.05, 4.69) is 39.6 Å². The van der Waals surface area contributed by atoms with Gasteiger partial charge in [0.1, 0.15) is 0 Å². The van der Waals surface area contributed by atoms with Crippen molar-refractivity contribution < 1.29 is 0 Å². The maximum atomic E-state index is 5.54. The van der Waals surface area contributed by atoms with E-state index in [0.29, 0.717) is 6.04 Å². The molecule has 2 aliphatic rings. The number of aliphatic imine (C=N–C) groups is 1. The van der Waals surface area contributed by atoms with Gasteiger partial charge in [0.2, 0.25) is 5.96 Å². The van der Waals surface area contributed by atoms with Gasteiger partial charge in [0.05, 0.1) is 6.04 Å². The Morgan fingerprint density at radius 2 is 1.88 bits per heavy atom. The standard InChI is InChI=1S/C12H16N4/c13-15-12(14-11-5-6-11)16-7-9-3-1-2-4-10(9)8-16/h1-4,11H,5-8,13H2,(H,14,15). The van der Waals surface area contributed by atoms with E-state index in [0.717, 1.165) is 19.0 Å². The predicted octanol–water partition coefficient (Wildman–Crippen LogP) is 0.984. The molecule has 0 bridgehead atoms. The summed E-state index contributed by atoms with van der Waals surface area (Å²) in [5, 5.41) is 0. The number of nitrogens with one attached hydrogen (secondary N) is 1. The SMILES string of the molecule is NNC(=NC1CC1)N1Cc2ccccc2C1. The second-order valence-corrected chi connectivity index (χ2v) is 4.45. The van der Waals surface area contributed by atoms with Gasteiger partial charge >= 0.3 is 0 Å². The third kappa shape index (κ3) is 1.76. The number of guanidine groups is 1. The van der Waals surface area contributed by atoms with Crippen LogP contribution in [-0.4, -0.2) is 16.9 Å². The first-order valence-corrected chi connectivity index (χ1v) is 5.73. The number of hydrogen-bond donors (Lipinski definition) is 2. The number of nitrogens with two attached hydrogens (primary N) is 1. The van der Waals surface area contributed by atoms with Crippen LogP contribution in [0.4, 0.5) is 0 Å². The lowest BCUT2D eigenvalue weighted by molar-refractivity contribution is 0.427. The van der Waals surface area contributed by atoms with E-state index < -0.39 is 0 Å². The van der Waals surface area contributed by atoms with Crippen molar-refractivity contribution in [3.8, 4) is 0 Å². The van der Waals surface area contributed by atoms with Crippen molar-refractivity contribution in [2.24, 2.45) is 10.8 Å². The number of hydrogen-bond acceptors (Lipinski definition) is 2. The first-order valence-electron chi connectivity index (χ1n) is 5.73. The van der Waals surface area contributed by atoms with Crippen LogP contribution in [0.25, 0.3) is 0 Å². The first kappa shape index (κ1) is 9.66. The van der Waals surface area contributed by atoms with Gasteiger partial charge in [-0.2, -0.15) is 0 Å². The molecular weight excluding hydrogens is 200 g/mol. The molecule has 0 aromatic heterocycles. The quantitative estimate of drug-likeness (QED) is 0.318. The molecule has 1 heterocycles. The van der Waals surface area contributed by atoms with Crippen LogP contribution in [0.5, 0.6) is 0 Å². The minimum atomic E-state index is 0.495. The lowest BCUT2D eigenvalue weighted by atomic mass is 10.1. The molecule has 0 amide bonds. The van der Waals surface area contributed by atoms with Crippen LogP contribution < -0.4 is 11.3 Å². The van der Waals surface area contributed by atoms with Crippen molar-refractivity contribution in [3.63, 3.8) is 0 Å². The molecule has 0 radical (unpaired) electrons. The predicted molar refractivity (Wildman–Crippen MR) is 63.5 cm³/mol. The zero-order chi connectivity index (χ0) is 11.0. The summed E-state index contributed by atoms with van der Waals surface area (Å²) >= 11 is 0. The van der Waals surface area contributed by atoms with Crippen LogP contribution >= 0.6 is 0 Å². The average Bonchev–Trinajstić information content (AvgIpc) is 3.02. The van der Waals surface area contributed by atoms with Gasteiger partial charge in [-0.05, 0) is 24.0 Å². The number of nitrogens with zero attached hydrogens (tertiary/aromatic N) is 2. The minimum Gasteiger partial charge on any atom is -0.333 e. The van der Waals surface area contributed by atoms with Crippen LogP contribution in [0.2, 0.25) is 0 Å². The zero-order valence-electron chi connectivity index (χ0n) is 9.19. The highest BCUT2D eigenvalue weighted by molar-refractivity contribution is 5.80. The van der Waals surface area contributed by atoms with E-state index in [-0.39, 0.29) is 0 Å². The number of benzene rings is 1. The van der Waals surface area contributed by atoms with E-state index in [4.69, 9.17) is 5.84 Å². The summed E-state index contributed by atoms with van der Waals surface area (Å²) < 4.78 is 0. The Balaban J connectivity index is 1.79. The topological polar surface area (TPSA) is 53.6 Å². The maximum Gasteiger partial charge on any atom is 0.209 e. The molecule has 84 valence electrons. The van der Waals surface area contributed by atoms with Crippen LogP contribution in [0.3, 0.4) is 0 Å². The Morgan fingerprint density at radius 3 is 2.38 bits per heavy atom. The van der Waals surface area contributed by atoms with Gasteiger partial charge in [0, 0.05) is 13.1 Å². The fourth-order valence-electron chi connectivity index (χ4n) is 2.07. The lowest BCUT2D eigenvalue weighted by Crippen LogP contribution is -2.42. The van der Waals surface area contributed by atoms with Crippen molar-refractivity contribution in [2.45, 2.75) is 32.0 Å². The molecular formula is C12H16N4. The van der Waals surface area contributed by atoms with Gasteiger partial charge in [-0.25, -0.2) is 10.8 Å². The summed E-state index contributed by atoms with van der Waals surface area (Å²) in [7, 11) is 0. The molecule has 0 atom stereocenters. The maximum absolute atomic E-state index is 5.54. The molecule has 1 fully saturated rings. The fraction of sp³-hybridized carbons (Fsp3) is 0.417. The Labute approximate surface area is 95.1 Å². The zero-order valence-corrected chi connectivity index (χ0v) is 9.19. The molecule has 1 saturated carbocycles. The monoisotopic (exact) mass is 216 g/mol. The minimum absolute atomic E-state index is 0.495. The summed E-state index contributed by atoms with van der Waals surface area (Å²) in [4.78, 5) is 6.78. The van der Waals surface area contributed by atoms with Crippen molar-refractivity contribution in [3.05, 3.63) is 35.4 Å². The molecule has 4 heteroatoms. The Bertz CT molecular complexity index is 398. The van der Waals surface area contributed by atoms with E-state index in [1.54, 1.807) is 0 Å². The van der Waals surface area contributed by atoms with Gasteiger partial charge in [-0.15, -0.1) is 0 Å². The third-order valence-corrected chi connectivity index (χ3v) is 3.12. The Kier molecular flexibility index (Phi) is 2.29. The number of fused-ring (bicyclic) bond motifs is 1. The van der Waals surface area contributed by atoms with E-state index >= 15 is 0 Å². The average molecular weight is 216 g/mol. The first-order chi connectivity index (χ1) is 7.86. The van der Waals surface area contributed by atoms with Crippen LogP contribution in [0, 0.1) is 0 Å². The second-order valence-electron chi connectivity index (χ2n) is 4.45. The highest BCUT2D eigenvalue weighted by Gasteiger charge is 2.25. The Hall–Kier alpha value is -1.55. The number of rotatable bonds is 1. The fourth-order valence-corrected chi connectivity index (χ4v) is 2.07. The summed E-state index contributed by atoms with van der Waals surface area (Å²) in [5.41, 5.74) is 5.48. The largest absolute Gasteiger partial charge is 0.333 e. The van der Waals surface area contributed by atoms with Gasteiger partial charge in [0.25, 0.3) is 0 Å². The van der Waals surface area contributed by atoms with E-state index in [1.165, 1.54) is 24.0 Å². The third-order valence-electron chi connectivity index (χ3n) is 3.12. The molecule has 1 aliphatic heterocycles. The Morgan fingerprint density at radius 1 is 1.25 bits per heavy atom. The molecule has 3 N–H and O–H groups in total. The molecule has 1 aromatic rings.